The second kappa shape index (κ2) is 5.32. The van der Waals surface area contributed by atoms with Crippen LogP contribution in [0.1, 0.15) is 54.2 Å². The highest BCUT2D eigenvalue weighted by Gasteiger charge is 2.68. The van der Waals surface area contributed by atoms with Gasteiger partial charge in [0.05, 0.1) is 17.9 Å². The number of piperidine rings is 1. The van der Waals surface area contributed by atoms with Gasteiger partial charge >= 0.3 is 5.97 Å². The number of amides is 1. The molecule has 2 bridgehead atoms. The predicted octanol–water partition coefficient (Wildman–Crippen LogP) is 2.35. The first kappa shape index (κ1) is 15.4. The highest BCUT2D eigenvalue weighted by molar-refractivity contribution is 5.88. The molecule has 1 aromatic rings. The molecule has 1 saturated heterocycles. The Bertz CT molecular complexity index is 718. The maximum Gasteiger partial charge on any atom is 0.339 e. The van der Waals surface area contributed by atoms with Crippen LogP contribution >= 0.6 is 0 Å². The van der Waals surface area contributed by atoms with E-state index >= 15 is 0 Å². The quantitative estimate of drug-likeness (QED) is 0.914. The van der Waals surface area contributed by atoms with Gasteiger partial charge in [0.1, 0.15) is 5.56 Å². The number of fused-ring (bicyclic) bond motifs is 5. The van der Waals surface area contributed by atoms with Gasteiger partial charge < -0.3 is 10.0 Å². The molecule has 1 aliphatic heterocycles. The van der Waals surface area contributed by atoms with Crippen molar-refractivity contribution in [2.24, 2.45) is 29.6 Å². The maximum atomic E-state index is 12.9. The smallest absolute Gasteiger partial charge is 0.339 e. The van der Waals surface area contributed by atoms with Crippen molar-refractivity contribution >= 4 is 11.9 Å². The molecule has 1 N–H and O–H groups in total. The summed E-state index contributed by atoms with van der Waals surface area (Å²) in [6.45, 7) is 3.36. The number of carbonyl (C=O) groups is 2. The fourth-order valence-electron chi connectivity index (χ4n) is 6.20. The van der Waals surface area contributed by atoms with Gasteiger partial charge in [-0.2, -0.15) is 5.10 Å². The summed E-state index contributed by atoms with van der Waals surface area (Å²) in [7, 11) is 0. The minimum Gasteiger partial charge on any atom is -0.478 e. The lowest BCUT2D eigenvalue weighted by Gasteiger charge is -2.33. The highest BCUT2D eigenvalue weighted by Crippen LogP contribution is 2.69. The number of carboxylic acids is 1. The summed E-state index contributed by atoms with van der Waals surface area (Å²) in [5.74, 6) is 2.88. The third kappa shape index (κ3) is 2.19. The van der Waals surface area contributed by atoms with Crippen LogP contribution in [0.25, 0.3) is 0 Å². The zero-order valence-electron chi connectivity index (χ0n) is 14.6. The van der Waals surface area contributed by atoms with Crippen LogP contribution in [0.15, 0.2) is 6.20 Å². The molecule has 4 unspecified atom stereocenters. The molecular formula is C19H25N3O3. The van der Waals surface area contributed by atoms with E-state index in [1.165, 1.54) is 25.5 Å². The molecule has 0 radical (unpaired) electrons. The van der Waals surface area contributed by atoms with Gasteiger partial charge in [0.2, 0.25) is 5.91 Å². The number of hydrogen-bond acceptors (Lipinski definition) is 3. The summed E-state index contributed by atoms with van der Waals surface area (Å²) in [5.41, 5.74) is 0.991. The molecule has 0 aromatic carbocycles. The molecule has 5 rings (SSSR count). The second-order valence-corrected chi connectivity index (χ2v) is 8.46. The second-order valence-electron chi connectivity index (χ2n) is 8.46. The topological polar surface area (TPSA) is 75.4 Å². The predicted molar refractivity (Wildman–Crippen MR) is 90.1 cm³/mol. The van der Waals surface area contributed by atoms with Crippen LogP contribution in [0.3, 0.4) is 0 Å². The van der Waals surface area contributed by atoms with E-state index in [2.05, 4.69) is 10.00 Å². The molecule has 1 aromatic heterocycles. The average Bonchev–Trinajstić information content (AvgIpc) is 2.91. The molecule has 3 saturated carbocycles. The van der Waals surface area contributed by atoms with Crippen molar-refractivity contribution in [3.8, 4) is 0 Å². The molecule has 4 fully saturated rings. The van der Waals surface area contributed by atoms with Crippen LogP contribution in [0.2, 0.25) is 0 Å². The van der Waals surface area contributed by atoms with Crippen LogP contribution in [-0.4, -0.2) is 44.8 Å². The molecule has 6 nitrogen and oxygen atoms in total. The van der Waals surface area contributed by atoms with E-state index in [1.54, 1.807) is 0 Å². The number of carbonyl (C=O) groups excluding carboxylic acids is 1. The lowest BCUT2D eigenvalue weighted by atomic mass is 9.99. The maximum absolute atomic E-state index is 12.9. The van der Waals surface area contributed by atoms with Crippen LogP contribution < -0.4 is 0 Å². The summed E-state index contributed by atoms with van der Waals surface area (Å²) in [6, 6.07) is 0.201. The Hall–Kier alpha value is -1.85. The molecule has 4 aliphatic rings. The van der Waals surface area contributed by atoms with E-state index < -0.39 is 5.97 Å². The number of nitrogens with zero attached hydrogens (tertiary/aromatic N) is 3. The number of aromatic nitrogens is 2. The molecule has 4 atom stereocenters. The van der Waals surface area contributed by atoms with Gasteiger partial charge in [0, 0.05) is 19.0 Å². The minimum absolute atomic E-state index is 0.201. The van der Waals surface area contributed by atoms with Crippen molar-refractivity contribution in [2.45, 2.75) is 45.1 Å². The van der Waals surface area contributed by atoms with Gasteiger partial charge in [-0.05, 0) is 62.7 Å². The Morgan fingerprint density at radius 1 is 1.12 bits per heavy atom. The molecule has 2 heterocycles. The van der Waals surface area contributed by atoms with Gasteiger partial charge in [0.25, 0.3) is 0 Å². The van der Waals surface area contributed by atoms with Crippen LogP contribution in [0.5, 0.6) is 0 Å². The number of carboxylic acid groups (broad SMARTS) is 1. The van der Waals surface area contributed by atoms with Gasteiger partial charge in [-0.25, -0.2) is 4.79 Å². The Morgan fingerprint density at radius 2 is 1.76 bits per heavy atom. The summed E-state index contributed by atoms with van der Waals surface area (Å²) in [4.78, 5) is 26.2. The summed E-state index contributed by atoms with van der Waals surface area (Å²) < 4.78 is 1.84. The zero-order chi connectivity index (χ0) is 17.3. The van der Waals surface area contributed by atoms with E-state index in [-0.39, 0.29) is 11.6 Å². The van der Waals surface area contributed by atoms with Gasteiger partial charge in [-0.1, -0.05) is 0 Å². The largest absolute Gasteiger partial charge is 0.478 e. The van der Waals surface area contributed by atoms with Gasteiger partial charge in [-0.3, -0.25) is 9.48 Å². The lowest BCUT2D eigenvalue weighted by Crippen LogP contribution is -2.41. The van der Waals surface area contributed by atoms with E-state index in [4.69, 9.17) is 0 Å². The number of aromatic carboxylic acids is 1. The van der Waals surface area contributed by atoms with Crippen molar-refractivity contribution in [1.82, 2.24) is 14.7 Å². The van der Waals surface area contributed by atoms with Crippen molar-refractivity contribution in [3.63, 3.8) is 0 Å². The molecule has 25 heavy (non-hydrogen) atoms. The van der Waals surface area contributed by atoms with Crippen molar-refractivity contribution in [2.75, 3.05) is 13.1 Å². The van der Waals surface area contributed by atoms with E-state index in [9.17, 15) is 14.7 Å². The Balaban J connectivity index is 1.22. The van der Waals surface area contributed by atoms with Crippen LogP contribution in [0.4, 0.5) is 0 Å². The van der Waals surface area contributed by atoms with E-state index in [1.807, 2.05) is 11.6 Å². The third-order valence-corrected chi connectivity index (χ3v) is 7.42. The first-order chi connectivity index (χ1) is 12.1. The van der Waals surface area contributed by atoms with Crippen molar-refractivity contribution in [3.05, 3.63) is 17.5 Å². The first-order valence-corrected chi connectivity index (χ1v) is 9.62. The van der Waals surface area contributed by atoms with Crippen LogP contribution in [0, 0.1) is 36.5 Å². The minimum atomic E-state index is -0.925. The van der Waals surface area contributed by atoms with Crippen molar-refractivity contribution < 1.29 is 14.7 Å². The van der Waals surface area contributed by atoms with E-state index in [0.717, 1.165) is 37.8 Å². The fourth-order valence-corrected chi connectivity index (χ4v) is 6.20. The number of hydrogen-bond donors (Lipinski definition) is 1. The van der Waals surface area contributed by atoms with E-state index in [0.29, 0.717) is 29.4 Å². The van der Waals surface area contributed by atoms with Crippen LogP contribution in [-0.2, 0) is 4.79 Å². The monoisotopic (exact) mass is 343 g/mol. The molecule has 0 spiro atoms. The van der Waals surface area contributed by atoms with Gasteiger partial charge in [0.15, 0.2) is 0 Å². The molecule has 6 heteroatoms. The summed E-state index contributed by atoms with van der Waals surface area (Å²) >= 11 is 0. The Kier molecular flexibility index (Phi) is 3.28. The molecule has 3 aliphatic carbocycles. The van der Waals surface area contributed by atoms with Crippen molar-refractivity contribution in [1.29, 1.82) is 0 Å². The number of rotatable bonds is 3. The summed E-state index contributed by atoms with van der Waals surface area (Å²) in [5, 5.41) is 13.5. The lowest BCUT2D eigenvalue weighted by molar-refractivity contribution is -0.135. The standard InChI is InChI=1S/C19H25N3O3/c1-10-14(19(24)25)9-20-22(10)13-4-6-21(7-5-13)18(23)17-15-11-2-3-12(8-11)16(15)17/h9,11-13,15-17H,2-8H2,1H3,(H,24,25). The Labute approximate surface area is 147 Å². The van der Waals surface area contributed by atoms with Gasteiger partial charge in [-0.15, -0.1) is 0 Å². The third-order valence-electron chi connectivity index (χ3n) is 7.42. The SMILES string of the molecule is Cc1c(C(=O)O)cnn1C1CCN(C(=O)C2C3C4CCC(C4)C23)CC1. The molecular weight excluding hydrogens is 318 g/mol. The normalized spacial score (nSPS) is 36.5. The first-order valence-electron chi connectivity index (χ1n) is 9.62. The number of likely N-dealkylation sites (tertiary alicyclic amines) is 1. The average molecular weight is 343 g/mol. The fraction of sp³-hybridized carbons (Fsp3) is 0.737. The Morgan fingerprint density at radius 3 is 2.32 bits per heavy atom. The highest BCUT2D eigenvalue weighted by atomic mass is 16.4. The zero-order valence-corrected chi connectivity index (χ0v) is 14.6. The molecule has 1 amide bonds. The molecule has 134 valence electrons. The summed E-state index contributed by atoms with van der Waals surface area (Å²) in [6.07, 6.45) is 7.25.